The van der Waals surface area contributed by atoms with Crippen LogP contribution in [0.15, 0.2) is 36.4 Å². The molecular weight excluding hydrogens is 180 g/mol. The van der Waals surface area contributed by atoms with Gasteiger partial charge in [-0.15, -0.1) is 0 Å². The van der Waals surface area contributed by atoms with Gasteiger partial charge in [0.05, 0.1) is 5.69 Å². The van der Waals surface area contributed by atoms with Crippen LogP contribution in [0.5, 0.6) is 0 Å². The molecule has 0 aliphatic heterocycles. The normalized spacial score (nSPS) is 10.2. The molecule has 2 rings (SSSR count). The van der Waals surface area contributed by atoms with Crippen molar-refractivity contribution in [3.8, 4) is 5.69 Å². The average Bonchev–Trinajstić information content (AvgIpc) is 2.47. The number of rotatable bonds is 1. The zero-order valence-electron chi connectivity index (χ0n) is 7.32. The van der Waals surface area contributed by atoms with Crippen LogP contribution in [0.25, 0.3) is 5.69 Å². The first kappa shape index (κ1) is 8.26. The number of hydrogen-bond donors (Lipinski definition) is 1. The van der Waals surface area contributed by atoms with Gasteiger partial charge in [0, 0.05) is 5.69 Å². The van der Waals surface area contributed by atoms with Gasteiger partial charge >= 0.3 is 0 Å². The molecule has 0 aliphatic carbocycles. The predicted octanol–water partition coefficient (Wildman–Crippen LogP) is 2.84. The van der Waals surface area contributed by atoms with Gasteiger partial charge in [-0.05, 0) is 25.1 Å². The van der Waals surface area contributed by atoms with Gasteiger partial charge in [0.1, 0.15) is 4.64 Å². The molecule has 1 N–H and O–H groups in total. The average molecular weight is 190 g/mol. The summed E-state index contributed by atoms with van der Waals surface area (Å²) in [5.41, 5.74) is 2.23. The van der Waals surface area contributed by atoms with Crippen molar-refractivity contribution < 1.29 is 0 Å². The Kier molecular flexibility index (Phi) is 2.02. The topological polar surface area (TPSA) is 20.7 Å². The van der Waals surface area contributed by atoms with E-state index >= 15 is 0 Å². The van der Waals surface area contributed by atoms with Gasteiger partial charge in [-0.1, -0.05) is 30.4 Å². The fourth-order valence-corrected chi connectivity index (χ4v) is 1.59. The van der Waals surface area contributed by atoms with Crippen LogP contribution in [0.1, 0.15) is 5.69 Å². The molecule has 3 heteroatoms. The maximum Gasteiger partial charge on any atom is 0.120 e. The second-order valence-corrected chi connectivity index (χ2v) is 3.37. The van der Waals surface area contributed by atoms with Gasteiger partial charge in [0.15, 0.2) is 0 Å². The number of nitrogens with one attached hydrogen (secondary N) is 1. The Hall–Kier alpha value is -1.35. The van der Waals surface area contributed by atoms with Gasteiger partial charge in [-0.25, -0.2) is 0 Å². The number of nitrogens with zero attached hydrogens (tertiary/aromatic N) is 1. The lowest BCUT2D eigenvalue weighted by molar-refractivity contribution is 0.842. The van der Waals surface area contributed by atoms with Crippen LogP contribution in [0.3, 0.4) is 0 Å². The molecule has 0 bridgehead atoms. The highest BCUT2D eigenvalue weighted by Gasteiger charge is 1.98. The monoisotopic (exact) mass is 190 g/mol. The first-order chi connectivity index (χ1) is 6.27. The van der Waals surface area contributed by atoms with Gasteiger partial charge in [0.2, 0.25) is 0 Å². The van der Waals surface area contributed by atoms with Crippen LogP contribution in [-0.4, -0.2) is 9.78 Å². The number of para-hydroxylation sites is 1. The molecule has 0 spiro atoms. The number of aryl methyl sites for hydroxylation is 1. The molecule has 1 aromatic heterocycles. The minimum absolute atomic E-state index is 0.765. The fourth-order valence-electron chi connectivity index (χ4n) is 1.33. The van der Waals surface area contributed by atoms with Crippen LogP contribution in [0.4, 0.5) is 0 Å². The number of aromatic nitrogens is 2. The van der Waals surface area contributed by atoms with E-state index in [-0.39, 0.29) is 0 Å². The summed E-state index contributed by atoms with van der Waals surface area (Å²) in [4.78, 5) is 0. The predicted molar refractivity (Wildman–Crippen MR) is 55.7 cm³/mol. The standard InChI is InChI=1S/C10H10N2S/c1-8-7-10(13)11-12(8)9-5-3-2-4-6-9/h2-7H,1H3,(H,11,13). The van der Waals surface area contributed by atoms with Crippen LogP contribution >= 0.6 is 12.2 Å². The maximum atomic E-state index is 5.04. The van der Waals surface area contributed by atoms with E-state index in [0.29, 0.717) is 0 Å². The Bertz CT molecular complexity index is 453. The SMILES string of the molecule is Cc1cc(=S)[nH]n1-c1ccccc1. The van der Waals surface area contributed by atoms with Crippen molar-refractivity contribution in [3.63, 3.8) is 0 Å². The van der Waals surface area contributed by atoms with E-state index in [1.807, 2.05) is 48.0 Å². The number of aromatic amines is 1. The van der Waals surface area contributed by atoms with Crippen molar-refractivity contribution in [1.82, 2.24) is 9.78 Å². The number of hydrogen-bond acceptors (Lipinski definition) is 1. The first-order valence-corrected chi connectivity index (χ1v) is 4.52. The van der Waals surface area contributed by atoms with E-state index in [1.165, 1.54) is 0 Å². The molecule has 0 amide bonds. The summed E-state index contributed by atoms with van der Waals surface area (Å²) in [6.45, 7) is 2.03. The first-order valence-electron chi connectivity index (χ1n) is 4.11. The van der Waals surface area contributed by atoms with E-state index in [2.05, 4.69) is 5.10 Å². The lowest BCUT2D eigenvalue weighted by atomic mass is 10.3. The third kappa shape index (κ3) is 1.55. The Labute approximate surface area is 81.8 Å². The van der Waals surface area contributed by atoms with Crippen molar-refractivity contribution in [3.05, 3.63) is 46.7 Å². The Morgan fingerprint density at radius 2 is 1.92 bits per heavy atom. The van der Waals surface area contributed by atoms with Gasteiger partial charge < -0.3 is 0 Å². The van der Waals surface area contributed by atoms with E-state index < -0.39 is 0 Å². The third-order valence-corrected chi connectivity index (χ3v) is 2.14. The molecule has 2 aromatic rings. The molecular formula is C10H10N2S. The van der Waals surface area contributed by atoms with Crippen molar-refractivity contribution in [2.45, 2.75) is 6.92 Å². The number of benzene rings is 1. The summed E-state index contributed by atoms with van der Waals surface area (Å²) in [6, 6.07) is 12.0. The smallest absolute Gasteiger partial charge is 0.120 e. The molecule has 66 valence electrons. The molecule has 0 atom stereocenters. The summed E-state index contributed by atoms with van der Waals surface area (Å²) in [5, 5.41) is 3.09. The minimum Gasteiger partial charge on any atom is -0.284 e. The van der Waals surface area contributed by atoms with E-state index in [4.69, 9.17) is 12.2 Å². The van der Waals surface area contributed by atoms with Crippen LogP contribution < -0.4 is 0 Å². The lowest BCUT2D eigenvalue weighted by Gasteiger charge is -2.03. The highest BCUT2D eigenvalue weighted by Crippen LogP contribution is 2.09. The van der Waals surface area contributed by atoms with Crippen molar-refractivity contribution in [1.29, 1.82) is 0 Å². The van der Waals surface area contributed by atoms with E-state index in [0.717, 1.165) is 16.0 Å². The maximum absolute atomic E-state index is 5.04. The summed E-state index contributed by atoms with van der Waals surface area (Å²) in [6.07, 6.45) is 0. The minimum atomic E-state index is 0.765. The van der Waals surface area contributed by atoms with Crippen LogP contribution in [0.2, 0.25) is 0 Å². The quantitative estimate of drug-likeness (QED) is 0.686. The largest absolute Gasteiger partial charge is 0.284 e. The molecule has 0 saturated carbocycles. The van der Waals surface area contributed by atoms with E-state index in [1.54, 1.807) is 0 Å². The van der Waals surface area contributed by atoms with E-state index in [9.17, 15) is 0 Å². The summed E-state index contributed by atoms with van der Waals surface area (Å²) in [7, 11) is 0. The van der Waals surface area contributed by atoms with Crippen LogP contribution in [0, 0.1) is 11.6 Å². The molecule has 2 nitrogen and oxygen atoms in total. The van der Waals surface area contributed by atoms with Gasteiger partial charge in [-0.3, -0.25) is 9.78 Å². The van der Waals surface area contributed by atoms with Gasteiger partial charge in [0.25, 0.3) is 0 Å². The number of H-pyrrole nitrogens is 1. The summed E-state index contributed by atoms with van der Waals surface area (Å²) < 4.78 is 2.74. The summed E-state index contributed by atoms with van der Waals surface area (Å²) >= 11 is 5.04. The summed E-state index contributed by atoms with van der Waals surface area (Å²) in [5.74, 6) is 0. The zero-order valence-corrected chi connectivity index (χ0v) is 8.14. The van der Waals surface area contributed by atoms with Crippen molar-refractivity contribution in [2.24, 2.45) is 0 Å². The Morgan fingerprint density at radius 1 is 1.23 bits per heavy atom. The van der Waals surface area contributed by atoms with Gasteiger partial charge in [-0.2, -0.15) is 0 Å². The molecule has 0 aliphatic rings. The Morgan fingerprint density at radius 3 is 2.46 bits per heavy atom. The highest BCUT2D eigenvalue weighted by molar-refractivity contribution is 7.71. The fraction of sp³-hybridized carbons (Fsp3) is 0.100. The lowest BCUT2D eigenvalue weighted by Crippen LogP contribution is -1.97. The molecule has 13 heavy (non-hydrogen) atoms. The molecule has 0 unspecified atom stereocenters. The third-order valence-electron chi connectivity index (χ3n) is 1.93. The highest BCUT2D eigenvalue weighted by atomic mass is 32.1. The molecule has 0 fully saturated rings. The Balaban J connectivity index is 2.59. The molecule has 0 saturated heterocycles. The van der Waals surface area contributed by atoms with Crippen molar-refractivity contribution in [2.75, 3.05) is 0 Å². The second kappa shape index (κ2) is 3.18. The van der Waals surface area contributed by atoms with Crippen LogP contribution in [-0.2, 0) is 0 Å². The molecule has 1 heterocycles. The van der Waals surface area contributed by atoms with Crippen molar-refractivity contribution >= 4 is 12.2 Å². The zero-order chi connectivity index (χ0) is 9.26. The molecule has 1 aromatic carbocycles. The second-order valence-electron chi connectivity index (χ2n) is 2.93. The molecule has 0 radical (unpaired) electrons.